The van der Waals surface area contributed by atoms with E-state index >= 15 is 0 Å². The lowest BCUT2D eigenvalue weighted by Gasteiger charge is -2.17. The van der Waals surface area contributed by atoms with E-state index in [1.54, 1.807) is 24.3 Å². The minimum Gasteiger partial charge on any atom is -0.292 e. The zero-order valence-electron chi connectivity index (χ0n) is 25.6. The number of aromatic nitrogens is 4. The average molecular weight is 619 g/mol. The molecule has 9 rings (SSSR count). The Hall–Kier alpha value is -6.66. The molecule has 226 valence electrons. The van der Waals surface area contributed by atoms with E-state index in [0.717, 1.165) is 43.6 Å². The molecule has 9 aromatic rings. The summed E-state index contributed by atoms with van der Waals surface area (Å²) in [4.78, 5) is 39.7. The van der Waals surface area contributed by atoms with E-state index in [0.29, 0.717) is 22.8 Å². The summed E-state index contributed by atoms with van der Waals surface area (Å²) in [5.74, 6) is 0.0106. The van der Waals surface area contributed by atoms with Gasteiger partial charge in [-0.2, -0.15) is 0 Å². The van der Waals surface area contributed by atoms with E-state index in [9.17, 15) is 9.59 Å². The molecule has 0 atom stereocenters. The third-order valence-corrected chi connectivity index (χ3v) is 8.94. The zero-order chi connectivity index (χ0) is 32.2. The van der Waals surface area contributed by atoms with Crippen LogP contribution in [0, 0.1) is 0 Å². The van der Waals surface area contributed by atoms with Gasteiger partial charge in [0.05, 0.1) is 22.1 Å². The van der Waals surface area contributed by atoms with E-state index in [1.165, 1.54) is 0 Å². The highest BCUT2D eigenvalue weighted by Crippen LogP contribution is 2.36. The summed E-state index contributed by atoms with van der Waals surface area (Å²) in [5.41, 5.74) is 4.68. The van der Waals surface area contributed by atoms with Gasteiger partial charge in [-0.3, -0.25) is 18.7 Å². The Morgan fingerprint density at radius 2 is 0.625 bits per heavy atom. The van der Waals surface area contributed by atoms with Crippen LogP contribution >= 0.6 is 0 Å². The minimum atomic E-state index is -0.291. The van der Waals surface area contributed by atoms with Gasteiger partial charge in [-0.1, -0.05) is 133 Å². The molecule has 0 unspecified atom stereocenters. The van der Waals surface area contributed by atoms with Crippen molar-refractivity contribution in [3.05, 3.63) is 180 Å². The van der Waals surface area contributed by atoms with Crippen molar-refractivity contribution in [3.63, 3.8) is 0 Å². The second-order valence-corrected chi connectivity index (χ2v) is 11.7. The van der Waals surface area contributed by atoms with E-state index in [1.807, 2.05) is 118 Å². The molecule has 0 saturated heterocycles. The van der Waals surface area contributed by atoms with Crippen LogP contribution in [-0.4, -0.2) is 30.7 Å². The molecular formula is C42H26N4O2. The van der Waals surface area contributed by atoms with E-state index in [-0.39, 0.29) is 23.0 Å². The first-order valence-electron chi connectivity index (χ1n) is 15.8. The topological polar surface area (TPSA) is 69.8 Å². The van der Waals surface area contributed by atoms with Gasteiger partial charge in [-0.05, 0) is 24.3 Å². The largest absolute Gasteiger partial charge is 0.292 e. The summed E-state index contributed by atoms with van der Waals surface area (Å²) in [6.07, 6.45) is 0. The van der Waals surface area contributed by atoms with Crippen LogP contribution in [-0.2, 0) is 0 Å². The summed E-state index contributed by atoms with van der Waals surface area (Å²) in [7, 11) is 0. The number of para-hydroxylation sites is 4. The van der Waals surface area contributed by atoms with E-state index in [4.69, 9.17) is 9.97 Å². The van der Waals surface area contributed by atoms with Gasteiger partial charge in [0.15, 0.2) is 23.0 Å². The second-order valence-electron chi connectivity index (χ2n) is 11.7. The number of hydrogen-bond donors (Lipinski definition) is 0. The van der Waals surface area contributed by atoms with Crippen LogP contribution in [0.2, 0.25) is 0 Å². The highest BCUT2D eigenvalue weighted by molar-refractivity contribution is 6.16. The lowest BCUT2D eigenvalue weighted by atomic mass is 10.1. The van der Waals surface area contributed by atoms with Crippen molar-refractivity contribution in [1.29, 1.82) is 0 Å². The van der Waals surface area contributed by atoms with Crippen LogP contribution in [0.5, 0.6) is 0 Å². The Morgan fingerprint density at radius 3 is 0.938 bits per heavy atom. The van der Waals surface area contributed by atoms with Gasteiger partial charge in [-0.15, -0.1) is 0 Å². The Kier molecular flexibility index (Phi) is 6.33. The Bertz CT molecular complexity index is 2410. The lowest BCUT2D eigenvalue weighted by molar-refractivity contribution is 0.102. The van der Waals surface area contributed by atoms with Crippen LogP contribution in [0.3, 0.4) is 0 Å². The molecule has 0 aliphatic heterocycles. The lowest BCUT2D eigenvalue weighted by Crippen LogP contribution is -2.20. The number of carbonyl (C=O) groups is 2. The van der Waals surface area contributed by atoms with Crippen LogP contribution < -0.4 is 0 Å². The molecule has 0 spiro atoms. The number of carbonyl (C=O) groups excluding carboxylic acids is 2. The maximum atomic E-state index is 14.6. The second kappa shape index (κ2) is 11.0. The number of benzene rings is 6. The maximum Gasteiger partial charge on any atom is 0.215 e. The SMILES string of the molecule is O=C(c1ccccc1)c1nc(-n2c3ccccc3c3ccccc32)c(C(=O)c2ccccc2)nc1-n1c2ccccc2c2ccccc21. The van der Waals surface area contributed by atoms with Gasteiger partial charge >= 0.3 is 0 Å². The van der Waals surface area contributed by atoms with Gasteiger partial charge in [0, 0.05) is 32.7 Å². The molecule has 0 aliphatic carbocycles. The average Bonchev–Trinajstić information content (AvgIpc) is 3.67. The zero-order valence-corrected chi connectivity index (χ0v) is 25.6. The minimum absolute atomic E-state index is 0.147. The van der Waals surface area contributed by atoms with Crippen LogP contribution in [0.15, 0.2) is 158 Å². The molecule has 0 N–H and O–H groups in total. The third-order valence-electron chi connectivity index (χ3n) is 8.94. The van der Waals surface area contributed by atoms with Gasteiger partial charge in [-0.25, -0.2) is 9.97 Å². The predicted octanol–water partition coefficient (Wildman–Crippen LogP) is 9.13. The normalized spacial score (nSPS) is 11.5. The van der Waals surface area contributed by atoms with Crippen molar-refractivity contribution >= 4 is 55.2 Å². The van der Waals surface area contributed by atoms with Crippen molar-refractivity contribution in [2.24, 2.45) is 0 Å². The highest BCUT2D eigenvalue weighted by Gasteiger charge is 2.29. The summed E-state index contributed by atoms with van der Waals surface area (Å²) in [6, 6.07) is 50.3. The van der Waals surface area contributed by atoms with Gasteiger partial charge in [0.2, 0.25) is 11.6 Å². The predicted molar refractivity (Wildman–Crippen MR) is 190 cm³/mol. The molecule has 0 amide bonds. The first-order chi connectivity index (χ1) is 23.7. The van der Waals surface area contributed by atoms with Gasteiger partial charge < -0.3 is 0 Å². The number of nitrogens with zero attached hydrogens (tertiary/aromatic N) is 4. The molecule has 3 aromatic heterocycles. The first kappa shape index (κ1) is 27.6. The molecule has 0 saturated carbocycles. The smallest absolute Gasteiger partial charge is 0.215 e. The summed E-state index contributed by atoms with van der Waals surface area (Å²) < 4.78 is 3.93. The van der Waals surface area contributed by atoms with Crippen LogP contribution in [0.25, 0.3) is 55.2 Å². The van der Waals surface area contributed by atoms with E-state index in [2.05, 4.69) is 24.3 Å². The quantitative estimate of drug-likeness (QED) is 0.174. The third kappa shape index (κ3) is 4.20. The van der Waals surface area contributed by atoms with Crippen molar-refractivity contribution in [3.8, 4) is 11.6 Å². The fourth-order valence-corrected chi connectivity index (χ4v) is 6.79. The molecular weight excluding hydrogens is 592 g/mol. The van der Waals surface area contributed by atoms with Crippen molar-refractivity contribution in [2.45, 2.75) is 0 Å². The Morgan fingerprint density at radius 1 is 0.354 bits per heavy atom. The van der Waals surface area contributed by atoms with Gasteiger partial charge in [0.1, 0.15) is 0 Å². The molecule has 3 heterocycles. The summed E-state index contributed by atoms with van der Waals surface area (Å²) >= 11 is 0. The number of hydrogen-bond acceptors (Lipinski definition) is 4. The van der Waals surface area contributed by atoms with Gasteiger partial charge in [0.25, 0.3) is 0 Å². The maximum absolute atomic E-state index is 14.6. The molecule has 0 radical (unpaired) electrons. The first-order valence-corrected chi connectivity index (χ1v) is 15.8. The fourth-order valence-electron chi connectivity index (χ4n) is 6.79. The molecule has 0 fully saturated rings. The van der Waals surface area contributed by atoms with Crippen molar-refractivity contribution in [2.75, 3.05) is 0 Å². The summed E-state index contributed by atoms with van der Waals surface area (Å²) in [5, 5.41) is 4.04. The molecule has 0 aliphatic rings. The summed E-state index contributed by atoms with van der Waals surface area (Å²) in [6.45, 7) is 0. The Balaban J connectivity index is 1.46. The fraction of sp³-hybridized carbons (Fsp3) is 0. The molecule has 0 bridgehead atoms. The number of fused-ring (bicyclic) bond motifs is 6. The number of rotatable bonds is 6. The number of ketones is 2. The molecule has 6 heteroatoms. The van der Waals surface area contributed by atoms with Crippen molar-refractivity contribution in [1.82, 2.24) is 19.1 Å². The van der Waals surface area contributed by atoms with Crippen molar-refractivity contribution < 1.29 is 9.59 Å². The van der Waals surface area contributed by atoms with E-state index < -0.39 is 0 Å². The monoisotopic (exact) mass is 618 g/mol. The Labute approximate surface area is 275 Å². The van der Waals surface area contributed by atoms with Crippen LogP contribution in [0.1, 0.15) is 32.1 Å². The highest BCUT2D eigenvalue weighted by atomic mass is 16.1. The van der Waals surface area contributed by atoms with Crippen LogP contribution in [0.4, 0.5) is 0 Å². The molecule has 6 aromatic carbocycles. The molecule has 6 nitrogen and oxygen atoms in total. The molecule has 48 heavy (non-hydrogen) atoms. The standard InChI is InChI=1S/C42H26N4O2/c47-39(27-15-3-1-4-16-27)37-41(45-33-23-11-7-19-29(33)30-20-8-12-24-34(30)45)44-38(40(48)28-17-5-2-6-18-28)42(43-37)46-35-25-13-9-21-31(35)32-22-10-14-26-36(32)46/h1-26H.